The van der Waals surface area contributed by atoms with Gasteiger partial charge in [0.15, 0.2) is 0 Å². The second-order valence-corrected chi connectivity index (χ2v) is 17.8. The molecule has 14 rings (SSSR count). The van der Waals surface area contributed by atoms with Gasteiger partial charge < -0.3 is 18.3 Å². The number of fused-ring (bicyclic) bond motifs is 12. The lowest BCUT2D eigenvalue weighted by Gasteiger charge is -2.22. The second-order valence-electron chi connectivity index (χ2n) is 17.8. The van der Waals surface area contributed by atoms with Crippen LogP contribution in [0.5, 0.6) is 0 Å². The van der Waals surface area contributed by atoms with Crippen molar-refractivity contribution in [2.45, 2.75) is 6.18 Å². The van der Waals surface area contributed by atoms with Gasteiger partial charge in [0.05, 0.1) is 67.6 Å². The van der Waals surface area contributed by atoms with Crippen LogP contribution in [0, 0.1) is 6.57 Å². The molecule has 0 fully saturated rings. The SMILES string of the molecule is [C-]#[N+]c1c(-n2c3ccccc3c3cc(-n4c5ccccc5c5ccccc54)ccc32)ccc(-c2ccccc2C(F)(F)F)c1-n1c2ccccc2c2cc(-n3c4ccccc4c4ccccc43)ccc21. The van der Waals surface area contributed by atoms with E-state index < -0.39 is 11.7 Å². The number of alkyl halides is 3. The Bertz CT molecular complexity index is 4450. The number of hydrogen-bond donors (Lipinski definition) is 0. The Kier molecular flexibility index (Phi) is 8.44. The van der Waals surface area contributed by atoms with Crippen molar-refractivity contribution < 1.29 is 13.2 Å². The number of halogens is 3. The third-order valence-electron chi connectivity index (χ3n) is 14.2. The number of benzene rings is 10. The minimum Gasteiger partial charge on any atom is -0.319 e. The summed E-state index contributed by atoms with van der Waals surface area (Å²) in [5.74, 6) is 0. The molecule has 0 atom stereocenters. The molecular formula is C62H36F3N5. The molecule has 0 aliphatic rings. The molecule has 0 saturated heterocycles. The summed E-state index contributed by atoms with van der Waals surface area (Å²) in [6, 6.07) is 71.7. The Morgan fingerprint density at radius 1 is 0.329 bits per heavy atom. The summed E-state index contributed by atoms with van der Waals surface area (Å²) in [6.07, 6.45) is -4.66. The van der Waals surface area contributed by atoms with Crippen molar-refractivity contribution >= 4 is 92.9 Å². The van der Waals surface area contributed by atoms with E-state index in [1.54, 1.807) is 12.1 Å². The summed E-state index contributed by atoms with van der Waals surface area (Å²) in [7, 11) is 0. The van der Waals surface area contributed by atoms with Crippen LogP contribution in [0.3, 0.4) is 0 Å². The summed E-state index contributed by atoms with van der Waals surface area (Å²) < 4.78 is 54.2. The maximum absolute atomic E-state index is 15.2. The highest BCUT2D eigenvalue weighted by Gasteiger charge is 2.35. The van der Waals surface area contributed by atoms with Crippen molar-refractivity contribution in [2.75, 3.05) is 0 Å². The number of nitrogens with zero attached hydrogens (tertiary/aromatic N) is 5. The minimum absolute atomic E-state index is 0.00711. The van der Waals surface area contributed by atoms with E-state index in [-0.39, 0.29) is 11.3 Å². The molecule has 10 aromatic carbocycles. The van der Waals surface area contributed by atoms with Crippen LogP contribution in [0.25, 0.3) is 126 Å². The van der Waals surface area contributed by atoms with Crippen LogP contribution in [0.4, 0.5) is 18.9 Å². The first-order valence-corrected chi connectivity index (χ1v) is 23.1. The zero-order chi connectivity index (χ0) is 46.8. The molecule has 330 valence electrons. The largest absolute Gasteiger partial charge is 0.417 e. The van der Waals surface area contributed by atoms with Crippen molar-refractivity contribution in [3.8, 4) is 33.9 Å². The van der Waals surface area contributed by atoms with E-state index in [4.69, 9.17) is 6.57 Å². The van der Waals surface area contributed by atoms with Gasteiger partial charge in [-0.05, 0) is 96.1 Å². The Labute approximate surface area is 398 Å². The molecule has 0 aliphatic carbocycles. The average Bonchev–Trinajstić information content (AvgIpc) is 4.13. The Balaban J connectivity index is 1.07. The van der Waals surface area contributed by atoms with Crippen LogP contribution < -0.4 is 0 Å². The van der Waals surface area contributed by atoms with Gasteiger partial charge in [-0.2, -0.15) is 13.2 Å². The van der Waals surface area contributed by atoms with Crippen LogP contribution in [-0.2, 0) is 6.18 Å². The minimum atomic E-state index is -4.66. The molecule has 14 aromatic rings. The maximum Gasteiger partial charge on any atom is 0.417 e. The lowest BCUT2D eigenvalue weighted by Crippen LogP contribution is -2.09. The summed E-state index contributed by atoms with van der Waals surface area (Å²) in [4.78, 5) is 4.36. The standard InChI is InChI=1S/C62H36F3N5/c1-66-60-59(69-55-28-14-7-21-45(55)48-36-38(30-33-57(48)69)67-51-24-10-3-17-41(51)42-18-4-11-25-52(42)67)35-32-47(40-16-2-9-23-50(40)62(63,64)65)61(60)70-56-29-15-8-22-46(56)49-37-39(31-34-58(49)70)68-53-26-12-5-19-43(53)44-20-6-13-27-54(44)68/h2-37H. The Hall–Kier alpha value is -9.32. The van der Waals surface area contributed by atoms with Gasteiger partial charge >= 0.3 is 6.18 Å². The van der Waals surface area contributed by atoms with Crippen molar-refractivity contribution in [1.29, 1.82) is 0 Å². The molecule has 5 nitrogen and oxygen atoms in total. The van der Waals surface area contributed by atoms with E-state index in [1.807, 2.05) is 65.2 Å². The van der Waals surface area contributed by atoms with E-state index in [9.17, 15) is 0 Å². The molecule has 0 N–H and O–H groups in total. The van der Waals surface area contributed by atoms with E-state index in [2.05, 4.69) is 146 Å². The fraction of sp³-hybridized carbons (Fsp3) is 0.0161. The monoisotopic (exact) mass is 907 g/mol. The number of rotatable bonds is 5. The normalized spacial score (nSPS) is 12.2. The molecule has 0 aliphatic heterocycles. The summed E-state index contributed by atoms with van der Waals surface area (Å²) in [5, 5.41) is 8.38. The molecule has 0 bridgehead atoms. The molecule has 4 heterocycles. The number of hydrogen-bond acceptors (Lipinski definition) is 0. The van der Waals surface area contributed by atoms with Crippen LogP contribution in [-0.4, -0.2) is 18.3 Å². The molecule has 4 aromatic heterocycles. The van der Waals surface area contributed by atoms with Gasteiger partial charge in [-0.3, -0.25) is 0 Å². The summed E-state index contributed by atoms with van der Waals surface area (Å²) in [5.41, 5.74) is 10.2. The van der Waals surface area contributed by atoms with E-state index in [1.165, 1.54) is 12.1 Å². The zero-order valence-corrected chi connectivity index (χ0v) is 37.2. The fourth-order valence-corrected chi connectivity index (χ4v) is 11.4. The van der Waals surface area contributed by atoms with Gasteiger partial charge in [-0.1, -0.05) is 133 Å². The van der Waals surface area contributed by atoms with Crippen LogP contribution in [0.1, 0.15) is 5.56 Å². The van der Waals surface area contributed by atoms with Crippen LogP contribution in [0.2, 0.25) is 0 Å². The lowest BCUT2D eigenvalue weighted by molar-refractivity contribution is -0.137. The average molecular weight is 908 g/mol. The molecular weight excluding hydrogens is 872 g/mol. The van der Waals surface area contributed by atoms with Gasteiger partial charge in [0.25, 0.3) is 0 Å². The number of para-hydroxylation sites is 6. The van der Waals surface area contributed by atoms with Gasteiger partial charge in [0.2, 0.25) is 5.69 Å². The van der Waals surface area contributed by atoms with E-state index >= 15 is 13.2 Å². The predicted molar refractivity (Wildman–Crippen MR) is 280 cm³/mol. The first-order chi connectivity index (χ1) is 34.4. The Morgan fingerprint density at radius 3 is 1.13 bits per heavy atom. The van der Waals surface area contributed by atoms with Crippen molar-refractivity contribution in [1.82, 2.24) is 18.3 Å². The lowest BCUT2D eigenvalue weighted by atomic mass is 9.96. The van der Waals surface area contributed by atoms with E-state index in [0.717, 1.165) is 105 Å². The zero-order valence-electron chi connectivity index (χ0n) is 37.2. The first-order valence-electron chi connectivity index (χ1n) is 23.1. The third-order valence-corrected chi connectivity index (χ3v) is 14.2. The van der Waals surface area contributed by atoms with Gasteiger partial charge in [0.1, 0.15) is 0 Å². The Morgan fingerprint density at radius 2 is 0.686 bits per heavy atom. The molecule has 0 amide bonds. The predicted octanol–water partition coefficient (Wildman–Crippen LogP) is 17.3. The van der Waals surface area contributed by atoms with Gasteiger partial charge in [-0.15, -0.1) is 0 Å². The van der Waals surface area contributed by atoms with Crippen molar-refractivity contribution in [2.24, 2.45) is 0 Å². The molecule has 8 heteroatoms. The third kappa shape index (κ3) is 5.60. The molecule has 0 saturated carbocycles. The second kappa shape index (κ2) is 14.8. The quantitative estimate of drug-likeness (QED) is 0.154. The maximum atomic E-state index is 15.2. The van der Waals surface area contributed by atoms with Crippen molar-refractivity contribution in [3.05, 3.63) is 235 Å². The number of aromatic nitrogens is 4. The smallest absolute Gasteiger partial charge is 0.319 e. The van der Waals surface area contributed by atoms with Crippen LogP contribution in [0.15, 0.2) is 218 Å². The van der Waals surface area contributed by atoms with Gasteiger partial charge in [-0.25, -0.2) is 4.85 Å². The highest BCUT2D eigenvalue weighted by Crippen LogP contribution is 2.49. The highest BCUT2D eigenvalue weighted by atomic mass is 19.4. The van der Waals surface area contributed by atoms with E-state index in [0.29, 0.717) is 16.9 Å². The molecule has 0 unspecified atom stereocenters. The fourth-order valence-electron chi connectivity index (χ4n) is 11.4. The first kappa shape index (κ1) is 39.8. The molecule has 70 heavy (non-hydrogen) atoms. The summed E-state index contributed by atoms with van der Waals surface area (Å²) >= 11 is 0. The van der Waals surface area contributed by atoms with Gasteiger partial charge in [0, 0.05) is 54.5 Å². The van der Waals surface area contributed by atoms with Crippen LogP contribution >= 0.6 is 0 Å². The van der Waals surface area contributed by atoms with Crippen molar-refractivity contribution in [3.63, 3.8) is 0 Å². The highest BCUT2D eigenvalue weighted by molar-refractivity contribution is 6.15. The molecule has 0 radical (unpaired) electrons. The molecule has 0 spiro atoms. The summed E-state index contributed by atoms with van der Waals surface area (Å²) in [6.45, 7) is 9.13. The topological polar surface area (TPSA) is 24.1 Å².